The Bertz CT molecular complexity index is 377. The van der Waals surface area contributed by atoms with Crippen molar-refractivity contribution in [2.75, 3.05) is 26.3 Å². The number of halogens is 1. The van der Waals surface area contributed by atoms with Crippen molar-refractivity contribution in [1.29, 1.82) is 0 Å². The van der Waals surface area contributed by atoms with Crippen LogP contribution >= 0.6 is 0 Å². The van der Waals surface area contributed by atoms with Gasteiger partial charge in [0.15, 0.2) is 0 Å². The zero-order chi connectivity index (χ0) is 14.2. The quantitative estimate of drug-likeness (QED) is 0.834. The summed E-state index contributed by atoms with van der Waals surface area (Å²) in [6.07, 6.45) is 6.33. The van der Waals surface area contributed by atoms with Gasteiger partial charge >= 0.3 is 0 Å². The normalized spacial score (nSPS) is 16.6. The Labute approximate surface area is 120 Å². The number of ether oxygens (including phenoxy) is 1. The highest BCUT2D eigenvalue weighted by Gasteiger charge is 2.20. The Morgan fingerprint density at radius 2 is 1.80 bits per heavy atom. The molecule has 3 nitrogen and oxygen atoms in total. The van der Waals surface area contributed by atoms with Crippen LogP contribution in [0.4, 0.5) is 4.39 Å². The third-order valence-corrected chi connectivity index (χ3v) is 3.94. The second kappa shape index (κ2) is 8.22. The van der Waals surface area contributed by atoms with Crippen LogP contribution in [-0.4, -0.2) is 42.4 Å². The SMILES string of the molecule is OCCN(CCOc1ccc(F)cc1)C1CCCCC1. The van der Waals surface area contributed by atoms with Gasteiger partial charge in [0.05, 0.1) is 6.61 Å². The maximum Gasteiger partial charge on any atom is 0.123 e. The number of benzene rings is 1. The van der Waals surface area contributed by atoms with Gasteiger partial charge < -0.3 is 9.84 Å². The minimum Gasteiger partial charge on any atom is -0.492 e. The summed E-state index contributed by atoms with van der Waals surface area (Å²) in [5.41, 5.74) is 0. The summed E-state index contributed by atoms with van der Waals surface area (Å²) in [5, 5.41) is 9.19. The molecule has 20 heavy (non-hydrogen) atoms. The van der Waals surface area contributed by atoms with E-state index in [1.165, 1.54) is 44.2 Å². The average Bonchev–Trinajstić information content (AvgIpc) is 2.49. The van der Waals surface area contributed by atoms with E-state index in [0.717, 1.165) is 6.54 Å². The molecule has 0 aromatic heterocycles. The molecule has 0 unspecified atom stereocenters. The van der Waals surface area contributed by atoms with Gasteiger partial charge in [-0.15, -0.1) is 0 Å². The molecule has 1 aliphatic rings. The molecule has 1 aliphatic carbocycles. The zero-order valence-corrected chi connectivity index (χ0v) is 11.9. The van der Waals surface area contributed by atoms with E-state index in [4.69, 9.17) is 4.74 Å². The molecule has 0 spiro atoms. The van der Waals surface area contributed by atoms with E-state index < -0.39 is 0 Å². The molecule has 0 amide bonds. The van der Waals surface area contributed by atoms with Crippen LogP contribution in [0, 0.1) is 5.82 Å². The molecule has 0 radical (unpaired) electrons. The summed E-state index contributed by atoms with van der Waals surface area (Å²) in [5.74, 6) is 0.445. The van der Waals surface area contributed by atoms with E-state index in [1.807, 2.05) is 0 Å². The van der Waals surface area contributed by atoms with Crippen molar-refractivity contribution in [1.82, 2.24) is 4.90 Å². The van der Waals surface area contributed by atoms with E-state index in [-0.39, 0.29) is 12.4 Å². The van der Waals surface area contributed by atoms with Crippen LogP contribution in [0.3, 0.4) is 0 Å². The fourth-order valence-corrected chi connectivity index (χ4v) is 2.86. The Kier molecular flexibility index (Phi) is 6.27. The number of nitrogens with zero attached hydrogens (tertiary/aromatic N) is 1. The summed E-state index contributed by atoms with van der Waals surface area (Å²) in [6, 6.07) is 6.68. The lowest BCUT2D eigenvalue weighted by Gasteiger charge is -2.33. The number of hydrogen-bond donors (Lipinski definition) is 1. The first-order valence-electron chi connectivity index (χ1n) is 7.53. The van der Waals surface area contributed by atoms with Gasteiger partial charge in [0.1, 0.15) is 18.2 Å². The number of hydrogen-bond acceptors (Lipinski definition) is 3. The van der Waals surface area contributed by atoms with Gasteiger partial charge in [-0.25, -0.2) is 4.39 Å². The van der Waals surface area contributed by atoms with Crippen LogP contribution < -0.4 is 4.74 Å². The summed E-state index contributed by atoms with van der Waals surface area (Å²) >= 11 is 0. The van der Waals surface area contributed by atoms with Gasteiger partial charge in [-0.3, -0.25) is 4.90 Å². The molecule has 1 N–H and O–H groups in total. The van der Waals surface area contributed by atoms with Crippen LogP contribution in [-0.2, 0) is 0 Å². The molecule has 112 valence electrons. The van der Waals surface area contributed by atoms with Crippen molar-refractivity contribution in [2.24, 2.45) is 0 Å². The fraction of sp³-hybridized carbons (Fsp3) is 0.625. The molecule has 0 bridgehead atoms. The Balaban J connectivity index is 1.77. The van der Waals surface area contributed by atoms with Gasteiger partial charge in [0, 0.05) is 19.1 Å². The minimum atomic E-state index is -0.249. The van der Waals surface area contributed by atoms with Gasteiger partial charge in [0.2, 0.25) is 0 Å². The first kappa shape index (κ1) is 15.3. The van der Waals surface area contributed by atoms with E-state index >= 15 is 0 Å². The van der Waals surface area contributed by atoms with E-state index in [1.54, 1.807) is 12.1 Å². The van der Waals surface area contributed by atoms with E-state index in [0.29, 0.717) is 24.9 Å². The summed E-state index contributed by atoms with van der Waals surface area (Å²) in [7, 11) is 0. The second-order valence-electron chi connectivity index (χ2n) is 5.35. The fourth-order valence-electron chi connectivity index (χ4n) is 2.86. The van der Waals surface area contributed by atoms with Crippen molar-refractivity contribution in [2.45, 2.75) is 38.1 Å². The predicted octanol–water partition coefficient (Wildman–Crippen LogP) is 2.83. The Hall–Kier alpha value is -1.13. The van der Waals surface area contributed by atoms with E-state index in [2.05, 4.69) is 4.90 Å². The molecular weight excluding hydrogens is 257 g/mol. The highest BCUT2D eigenvalue weighted by Crippen LogP contribution is 2.22. The standard InChI is InChI=1S/C16H24FNO2/c17-14-6-8-16(9-7-14)20-13-11-18(10-12-19)15-4-2-1-3-5-15/h6-9,15,19H,1-5,10-13H2. The summed E-state index contributed by atoms with van der Waals surface area (Å²) in [4.78, 5) is 2.32. The Morgan fingerprint density at radius 3 is 2.45 bits per heavy atom. The van der Waals surface area contributed by atoms with Gasteiger partial charge in [-0.05, 0) is 37.1 Å². The lowest BCUT2D eigenvalue weighted by atomic mass is 9.94. The zero-order valence-electron chi connectivity index (χ0n) is 11.9. The molecule has 1 aromatic rings. The molecule has 1 fully saturated rings. The molecule has 0 saturated heterocycles. The van der Waals surface area contributed by atoms with Gasteiger partial charge in [-0.2, -0.15) is 0 Å². The highest BCUT2D eigenvalue weighted by molar-refractivity contribution is 5.21. The largest absolute Gasteiger partial charge is 0.492 e. The molecule has 0 atom stereocenters. The topological polar surface area (TPSA) is 32.7 Å². The second-order valence-corrected chi connectivity index (χ2v) is 5.35. The summed E-state index contributed by atoms with van der Waals surface area (Å²) in [6.45, 7) is 2.27. The predicted molar refractivity (Wildman–Crippen MR) is 77.4 cm³/mol. The monoisotopic (exact) mass is 281 g/mol. The number of aliphatic hydroxyl groups excluding tert-OH is 1. The minimum absolute atomic E-state index is 0.188. The van der Waals surface area contributed by atoms with Gasteiger partial charge in [-0.1, -0.05) is 19.3 Å². The van der Waals surface area contributed by atoms with Crippen molar-refractivity contribution >= 4 is 0 Å². The maximum absolute atomic E-state index is 12.8. The molecule has 0 heterocycles. The van der Waals surface area contributed by atoms with Crippen LogP contribution in [0.5, 0.6) is 5.75 Å². The highest BCUT2D eigenvalue weighted by atomic mass is 19.1. The van der Waals surface area contributed by atoms with E-state index in [9.17, 15) is 9.50 Å². The van der Waals surface area contributed by atoms with Crippen LogP contribution in [0.25, 0.3) is 0 Å². The lowest BCUT2D eigenvalue weighted by Crippen LogP contribution is -2.41. The molecule has 2 rings (SSSR count). The number of rotatable bonds is 7. The maximum atomic E-state index is 12.8. The molecule has 1 aromatic carbocycles. The third-order valence-electron chi connectivity index (χ3n) is 3.94. The van der Waals surface area contributed by atoms with Crippen molar-refractivity contribution < 1.29 is 14.2 Å². The first-order valence-corrected chi connectivity index (χ1v) is 7.53. The van der Waals surface area contributed by atoms with Crippen LogP contribution in [0.1, 0.15) is 32.1 Å². The third kappa shape index (κ3) is 4.76. The van der Waals surface area contributed by atoms with Crippen molar-refractivity contribution in [3.05, 3.63) is 30.1 Å². The first-order chi connectivity index (χ1) is 9.79. The smallest absolute Gasteiger partial charge is 0.123 e. The molecule has 0 aliphatic heterocycles. The van der Waals surface area contributed by atoms with Gasteiger partial charge in [0.25, 0.3) is 0 Å². The average molecular weight is 281 g/mol. The molecule has 4 heteroatoms. The number of aliphatic hydroxyl groups is 1. The Morgan fingerprint density at radius 1 is 1.10 bits per heavy atom. The molecule has 1 saturated carbocycles. The molecular formula is C16H24FNO2. The van der Waals surface area contributed by atoms with Crippen molar-refractivity contribution in [3.8, 4) is 5.75 Å². The van der Waals surface area contributed by atoms with Crippen molar-refractivity contribution in [3.63, 3.8) is 0 Å². The van der Waals surface area contributed by atoms with Crippen LogP contribution in [0.2, 0.25) is 0 Å². The lowest BCUT2D eigenvalue weighted by molar-refractivity contribution is 0.106. The van der Waals surface area contributed by atoms with Crippen LogP contribution in [0.15, 0.2) is 24.3 Å². The summed E-state index contributed by atoms with van der Waals surface area (Å²) < 4.78 is 18.4.